The average molecular weight is 288 g/mol. The second-order valence-corrected chi connectivity index (χ2v) is 4.61. The fourth-order valence-electron chi connectivity index (χ4n) is 2.09. The SMILES string of the molecule is Cn1c(NCc2ccc(C(N)=O)o2)nc2ccc(F)cc21. The van der Waals surface area contributed by atoms with Gasteiger partial charge in [0.25, 0.3) is 5.91 Å². The summed E-state index contributed by atoms with van der Waals surface area (Å²) in [7, 11) is 1.79. The van der Waals surface area contributed by atoms with Crippen molar-refractivity contribution in [2.45, 2.75) is 6.54 Å². The zero-order valence-corrected chi connectivity index (χ0v) is 11.3. The summed E-state index contributed by atoms with van der Waals surface area (Å²) in [5.41, 5.74) is 6.50. The number of aryl methyl sites for hydroxylation is 1. The van der Waals surface area contributed by atoms with Crippen molar-refractivity contribution in [2.24, 2.45) is 12.8 Å². The number of rotatable bonds is 4. The van der Waals surface area contributed by atoms with Gasteiger partial charge in [-0.25, -0.2) is 9.37 Å². The van der Waals surface area contributed by atoms with Gasteiger partial charge in [0.15, 0.2) is 5.76 Å². The summed E-state index contributed by atoms with van der Waals surface area (Å²) >= 11 is 0. The molecule has 3 N–H and O–H groups in total. The number of nitrogens with two attached hydrogens (primary N) is 1. The van der Waals surface area contributed by atoms with Crippen LogP contribution < -0.4 is 11.1 Å². The molecular formula is C14H13FN4O2. The molecule has 0 aliphatic carbocycles. The number of nitrogens with zero attached hydrogens (tertiary/aromatic N) is 2. The van der Waals surface area contributed by atoms with Gasteiger partial charge in [0.1, 0.15) is 11.6 Å². The number of carbonyl (C=O) groups excluding carboxylic acids is 1. The predicted octanol–water partition coefficient (Wildman–Crippen LogP) is 2.02. The number of fused-ring (bicyclic) bond motifs is 1. The number of carbonyl (C=O) groups is 1. The van der Waals surface area contributed by atoms with Crippen LogP contribution in [-0.2, 0) is 13.6 Å². The molecule has 0 aliphatic rings. The zero-order chi connectivity index (χ0) is 15.0. The minimum atomic E-state index is -0.612. The molecular weight excluding hydrogens is 275 g/mol. The Labute approximate surface area is 119 Å². The maximum Gasteiger partial charge on any atom is 0.284 e. The molecule has 0 saturated carbocycles. The Kier molecular flexibility index (Phi) is 3.09. The molecule has 0 fully saturated rings. The van der Waals surface area contributed by atoms with Crippen molar-refractivity contribution in [3.63, 3.8) is 0 Å². The van der Waals surface area contributed by atoms with Gasteiger partial charge in [-0.2, -0.15) is 0 Å². The Morgan fingerprint density at radius 1 is 1.43 bits per heavy atom. The maximum absolute atomic E-state index is 13.2. The van der Waals surface area contributed by atoms with Gasteiger partial charge in [-0.15, -0.1) is 0 Å². The summed E-state index contributed by atoms with van der Waals surface area (Å²) in [5, 5.41) is 3.07. The number of furan rings is 1. The second kappa shape index (κ2) is 4.93. The number of benzene rings is 1. The van der Waals surface area contributed by atoms with E-state index < -0.39 is 5.91 Å². The number of hydrogen-bond acceptors (Lipinski definition) is 4. The smallest absolute Gasteiger partial charge is 0.284 e. The third kappa shape index (κ3) is 2.45. The quantitative estimate of drug-likeness (QED) is 0.769. The van der Waals surface area contributed by atoms with Crippen LogP contribution in [0.3, 0.4) is 0 Å². The van der Waals surface area contributed by atoms with E-state index in [0.29, 0.717) is 29.3 Å². The molecule has 3 aromatic rings. The molecule has 3 rings (SSSR count). The molecule has 21 heavy (non-hydrogen) atoms. The van der Waals surface area contributed by atoms with E-state index in [4.69, 9.17) is 10.2 Å². The first-order chi connectivity index (χ1) is 10.0. The summed E-state index contributed by atoms with van der Waals surface area (Å²) < 4.78 is 20.2. The molecule has 108 valence electrons. The summed E-state index contributed by atoms with van der Waals surface area (Å²) in [4.78, 5) is 15.3. The van der Waals surface area contributed by atoms with Gasteiger partial charge in [0.2, 0.25) is 5.95 Å². The molecule has 0 atom stereocenters. The number of imidazole rings is 1. The van der Waals surface area contributed by atoms with Crippen LogP contribution in [-0.4, -0.2) is 15.5 Å². The highest BCUT2D eigenvalue weighted by atomic mass is 19.1. The maximum atomic E-state index is 13.2. The van der Waals surface area contributed by atoms with Crippen LogP contribution in [0.1, 0.15) is 16.3 Å². The van der Waals surface area contributed by atoms with Gasteiger partial charge in [0, 0.05) is 7.05 Å². The van der Waals surface area contributed by atoms with E-state index in [1.165, 1.54) is 18.2 Å². The van der Waals surface area contributed by atoms with Gasteiger partial charge in [-0.1, -0.05) is 0 Å². The zero-order valence-electron chi connectivity index (χ0n) is 11.3. The number of nitrogens with one attached hydrogen (secondary N) is 1. The highest BCUT2D eigenvalue weighted by Gasteiger charge is 2.10. The monoisotopic (exact) mass is 288 g/mol. The normalized spacial score (nSPS) is 11.0. The van der Waals surface area contributed by atoms with Gasteiger partial charge < -0.3 is 20.0 Å². The summed E-state index contributed by atoms with van der Waals surface area (Å²) in [6, 6.07) is 7.59. The van der Waals surface area contributed by atoms with E-state index in [2.05, 4.69) is 10.3 Å². The van der Waals surface area contributed by atoms with E-state index >= 15 is 0 Å². The lowest BCUT2D eigenvalue weighted by Crippen LogP contribution is -2.09. The molecule has 2 aromatic heterocycles. The molecule has 1 aromatic carbocycles. The fraction of sp³-hybridized carbons (Fsp3) is 0.143. The van der Waals surface area contributed by atoms with E-state index in [1.807, 2.05) is 0 Å². The lowest BCUT2D eigenvalue weighted by atomic mass is 10.3. The van der Waals surface area contributed by atoms with Crippen LogP contribution in [0, 0.1) is 5.82 Å². The van der Waals surface area contributed by atoms with Crippen molar-refractivity contribution < 1.29 is 13.6 Å². The van der Waals surface area contributed by atoms with E-state index in [0.717, 1.165) is 0 Å². The largest absolute Gasteiger partial charge is 0.454 e. The molecule has 0 aliphatic heterocycles. The van der Waals surface area contributed by atoms with E-state index in [1.54, 1.807) is 23.7 Å². The molecule has 0 radical (unpaired) electrons. The Morgan fingerprint density at radius 2 is 2.24 bits per heavy atom. The summed E-state index contributed by atoms with van der Waals surface area (Å²) in [5.74, 6) is 0.321. The van der Waals surface area contributed by atoms with Gasteiger partial charge in [0.05, 0.1) is 17.6 Å². The first-order valence-electron chi connectivity index (χ1n) is 6.29. The van der Waals surface area contributed by atoms with Crippen LogP contribution in [0.5, 0.6) is 0 Å². The van der Waals surface area contributed by atoms with Crippen LogP contribution in [0.25, 0.3) is 11.0 Å². The van der Waals surface area contributed by atoms with Crippen molar-refractivity contribution in [1.29, 1.82) is 0 Å². The molecule has 1 amide bonds. The molecule has 0 unspecified atom stereocenters. The topological polar surface area (TPSA) is 86.1 Å². The van der Waals surface area contributed by atoms with E-state index in [9.17, 15) is 9.18 Å². The number of primary amides is 1. The Bertz CT molecular complexity index is 822. The predicted molar refractivity (Wildman–Crippen MR) is 75.2 cm³/mol. The number of aromatic nitrogens is 2. The second-order valence-electron chi connectivity index (χ2n) is 4.61. The van der Waals surface area contributed by atoms with Crippen molar-refractivity contribution in [3.05, 3.63) is 47.7 Å². The average Bonchev–Trinajstić information content (AvgIpc) is 3.03. The molecule has 0 bridgehead atoms. The highest BCUT2D eigenvalue weighted by Crippen LogP contribution is 2.20. The number of anilines is 1. The van der Waals surface area contributed by atoms with Crippen molar-refractivity contribution in [3.8, 4) is 0 Å². The highest BCUT2D eigenvalue weighted by molar-refractivity contribution is 5.89. The van der Waals surface area contributed by atoms with Crippen molar-refractivity contribution in [1.82, 2.24) is 9.55 Å². The third-order valence-corrected chi connectivity index (χ3v) is 3.17. The van der Waals surface area contributed by atoms with Crippen LogP contribution in [0.4, 0.5) is 10.3 Å². The van der Waals surface area contributed by atoms with Crippen molar-refractivity contribution >= 4 is 22.9 Å². The molecule has 6 nitrogen and oxygen atoms in total. The minimum Gasteiger partial charge on any atom is -0.454 e. The number of hydrogen-bond donors (Lipinski definition) is 2. The Balaban J connectivity index is 1.81. The van der Waals surface area contributed by atoms with Crippen LogP contribution in [0.15, 0.2) is 34.7 Å². The molecule has 7 heteroatoms. The first kappa shape index (κ1) is 13.2. The lowest BCUT2D eigenvalue weighted by Gasteiger charge is -2.04. The Morgan fingerprint density at radius 3 is 2.95 bits per heavy atom. The fourth-order valence-corrected chi connectivity index (χ4v) is 2.09. The Hall–Kier alpha value is -2.83. The molecule has 0 saturated heterocycles. The lowest BCUT2D eigenvalue weighted by molar-refractivity contribution is 0.0972. The molecule has 2 heterocycles. The first-order valence-corrected chi connectivity index (χ1v) is 6.29. The number of halogens is 1. The van der Waals surface area contributed by atoms with Gasteiger partial charge in [-0.3, -0.25) is 4.79 Å². The number of amides is 1. The van der Waals surface area contributed by atoms with Gasteiger partial charge >= 0.3 is 0 Å². The van der Waals surface area contributed by atoms with Crippen LogP contribution in [0.2, 0.25) is 0 Å². The summed E-state index contributed by atoms with van der Waals surface area (Å²) in [6.07, 6.45) is 0. The van der Waals surface area contributed by atoms with Gasteiger partial charge in [-0.05, 0) is 30.3 Å². The minimum absolute atomic E-state index is 0.110. The summed E-state index contributed by atoms with van der Waals surface area (Å²) in [6.45, 7) is 0.340. The standard InChI is InChI=1S/C14H13FN4O2/c1-19-11-6-8(15)2-4-10(11)18-14(19)17-7-9-3-5-12(21-9)13(16)20/h2-6H,7H2,1H3,(H2,16,20)(H,17,18). The van der Waals surface area contributed by atoms with Crippen LogP contribution >= 0.6 is 0 Å². The third-order valence-electron chi connectivity index (χ3n) is 3.17. The van der Waals surface area contributed by atoms with E-state index in [-0.39, 0.29) is 11.6 Å². The molecule has 0 spiro atoms. The van der Waals surface area contributed by atoms with Crippen molar-refractivity contribution in [2.75, 3.05) is 5.32 Å².